The van der Waals surface area contributed by atoms with E-state index in [4.69, 9.17) is 36.0 Å². The molecule has 0 aliphatic rings. The van der Waals surface area contributed by atoms with Gasteiger partial charge in [0, 0.05) is 0 Å². The van der Waals surface area contributed by atoms with E-state index in [1.165, 1.54) is 4.90 Å². The van der Waals surface area contributed by atoms with Gasteiger partial charge in [-0.25, -0.2) is 4.57 Å². The van der Waals surface area contributed by atoms with Gasteiger partial charge in [-0.1, -0.05) is 19.1 Å². The van der Waals surface area contributed by atoms with Gasteiger partial charge < -0.3 is 23.4 Å². The van der Waals surface area contributed by atoms with E-state index < -0.39 is 7.60 Å². The van der Waals surface area contributed by atoms with Crippen LogP contribution in [0.2, 0.25) is 0 Å². The minimum Gasteiger partial charge on any atom is -0.497 e. The molecule has 0 saturated carbocycles. The predicted octanol–water partition coefficient (Wildman–Crippen LogP) is 4.88. The third kappa shape index (κ3) is 6.67. The molecule has 2 aromatic rings. The minimum absolute atomic E-state index is 0.0192. The van der Waals surface area contributed by atoms with Gasteiger partial charge in [0.05, 0.1) is 25.3 Å². The van der Waals surface area contributed by atoms with Gasteiger partial charge in [0.15, 0.2) is 0 Å². The molecule has 0 aromatic heterocycles. The van der Waals surface area contributed by atoms with Crippen molar-refractivity contribution in [2.75, 3.05) is 27.1 Å². The molecule has 0 fully saturated rings. The number of ether oxygens (including phenoxy) is 2. The molecule has 0 amide bonds. The van der Waals surface area contributed by atoms with Gasteiger partial charge >= 0.3 is 7.60 Å². The van der Waals surface area contributed by atoms with Crippen LogP contribution >= 0.6 is 19.8 Å². The highest BCUT2D eigenvalue weighted by molar-refractivity contribution is 7.80. The summed E-state index contributed by atoms with van der Waals surface area (Å²) in [5.41, 5.74) is 0. The van der Waals surface area contributed by atoms with Gasteiger partial charge in [-0.3, -0.25) is 0 Å². The maximum atomic E-state index is 13.6. The Morgan fingerprint density at radius 1 is 0.966 bits per heavy atom. The minimum atomic E-state index is -3.76. The topological polar surface area (TPSA) is 81.0 Å². The molecule has 0 N–H and O–H groups in total. The maximum Gasteiger partial charge on any atom is 0.449 e. The molecule has 0 atom stereocenters. The van der Waals surface area contributed by atoms with E-state index in [1.54, 1.807) is 62.8 Å². The largest absolute Gasteiger partial charge is 0.497 e. The monoisotopic (exact) mass is 434 g/mol. The highest BCUT2D eigenvalue weighted by atomic mass is 32.1. The van der Waals surface area contributed by atoms with Crippen molar-refractivity contribution in [1.82, 2.24) is 4.90 Å². The summed E-state index contributed by atoms with van der Waals surface area (Å²) in [4.78, 5) is 2.03. The Bertz CT molecular complexity index is 843. The number of methoxy groups -OCH3 is 2. The van der Waals surface area contributed by atoms with Gasteiger partial charge in [-0.05, 0) is 55.0 Å². The van der Waals surface area contributed by atoms with Crippen molar-refractivity contribution in [2.45, 2.75) is 13.3 Å². The van der Waals surface area contributed by atoms with Gasteiger partial charge in [0.2, 0.25) is 0 Å². The second-order valence-electron chi connectivity index (χ2n) is 5.89. The molecule has 0 aliphatic carbocycles. The Labute approximate surface area is 176 Å². The third-order valence-electron chi connectivity index (χ3n) is 3.87. The van der Waals surface area contributed by atoms with E-state index in [1.807, 2.05) is 13.0 Å². The second kappa shape index (κ2) is 10.7. The standard InChI is InChI=1S/C20H23N2O5PS/c1-4-20(29)22(14-13-21)15-28(23,26-18-9-5-16(24-2)6-10-18)27-19-11-7-17(25-3)8-12-19/h5-12H,4,14-15H2,1-3H3. The van der Waals surface area contributed by atoms with Gasteiger partial charge in [0.1, 0.15) is 35.8 Å². The SMILES string of the molecule is CCC(=S)N(CC#N)CP(=O)(Oc1ccc(OC)cc1)Oc1ccc(OC)cc1. The molecule has 0 spiro atoms. The molecular weight excluding hydrogens is 411 g/mol. The van der Waals surface area contributed by atoms with Gasteiger partial charge in [0.25, 0.3) is 0 Å². The maximum absolute atomic E-state index is 13.6. The van der Waals surface area contributed by atoms with E-state index in [2.05, 4.69) is 0 Å². The number of hydrogen-bond acceptors (Lipinski definition) is 7. The Balaban J connectivity index is 2.31. The average molecular weight is 434 g/mol. The van der Waals surface area contributed by atoms with E-state index in [-0.39, 0.29) is 12.8 Å². The summed E-state index contributed by atoms with van der Waals surface area (Å²) in [6.45, 7) is 1.85. The fourth-order valence-corrected chi connectivity index (χ4v) is 4.36. The van der Waals surface area contributed by atoms with Crippen LogP contribution in [0.4, 0.5) is 0 Å². The van der Waals surface area contributed by atoms with Crippen molar-refractivity contribution in [3.63, 3.8) is 0 Å². The highest BCUT2D eigenvalue weighted by Crippen LogP contribution is 2.49. The van der Waals surface area contributed by atoms with Gasteiger partial charge in [-0.15, -0.1) is 0 Å². The summed E-state index contributed by atoms with van der Waals surface area (Å²) < 4.78 is 35.4. The van der Waals surface area contributed by atoms with Crippen LogP contribution in [-0.2, 0) is 4.57 Å². The lowest BCUT2D eigenvalue weighted by Crippen LogP contribution is -2.32. The Morgan fingerprint density at radius 2 is 1.38 bits per heavy atom. The number of benzene rings is 2. The number of thiocarbonyl (C=S) groups is 1. The first-order chi connectivity index (χ1) is 13.9. The van der Waals surface area contributed by atoms with Crippen LogP contribution in [0.3, 0.4) is 0 Å². The smallest absolute Gasteiger partial charge is 0.449 e. The summed E-state index contributed by atoms with van der Waals surface area (Å²) >= 11 is 5.31. The van der Waals surface area contributed by atoms with E-state index in [9.17, 15) is 4.57 Å². The lowest BCUT2D eigenvalue weighted by Gasteiger charge is -2.27. The van der Waals surface area contributed by atoms with Crippen molar-refractivity contribution in [3.8, 4) is 29.1 Å². The van der Waals surface area contributed by atoms with Crippen LogP contribution in [0.5, 0.6) is 23.0 Å². The Morgan fingerprint density at radius 3 is 1.72 bits per heavy atom. The van der Waals surface area contributed by atoms with Crippen LogP contribution in [0.1, 0.15) is 13.3 Å². The molecule has 2 rings (SSSR count). The fourth-order valence-electron chi connectivity index (χ4n) is 2.41. The average Bonchev–Trinajstić information content (AvgIpc) is 2.74. The molecular formula is C20H23N2O5PS. The first-order valence-corrected chi connectivity index (χ1v) is 11.0. The summed E-state index contributed by atoms with van der Waals surface area (Å²) in [6, 6.07) is 15.3. The zero-order chi connectivity index (χ0) is 21.3. The van der Waals surface area contributed by atoms with E-state index >= 15 is 0 Å². The first kappa shape index (κ1) is 22.5. The van der Waals surface area contributed by atoms with Crippen molar-refractivity contribution in [1.29, 1.82) is 5.26 Å². The van der Waals surface area contributed by atoms with E-state index in [0.29, 0.717) is 34.4 Å². The zero-order valence-corrected chi connectivity index (χ0v) is 18.2. The molecule has 2 aromatic carbocycles. The quantitative estimate of drug-likeness (QED) is 0.297. The van der Waals surface area contributed by atoms with Crippen LogP contribution in [-0.4, -0.2) is 36.9 Å². The summed E-state index contributed by atoms with van der Waals surface area (Å²) in [6.07, 6.45) is 0.368. The van der Waals surface area contributed by atoms with Crippen LogP contribution in [0.25, 0.3) is 0 Å². The molecule has 0 radical (unpaired) electrons. The summed E-state index contributed by atoms with van der Waals surface area (Å²) in [5, 5.41) is 9.12. The molecule has 0 saturated heterocycles. The van der Waals surface area contributed by atoms with Crippen molar-refractivity contribution >= 4 is 24.8 Å². The highest BCUT2D eigenvalue weighted by Gasteiger charge is 2.32. The van der Waals surface area contributed by atoms with E-state index in [0.717, 1.165) is 0 Å². The Kier molecular flexibility index (Phi) is 8.32. The molecule has 0 heterocycles. The number of nitrogens with zero attached hydrogens (tertiary/aromatic N) is 2. The normalized spacial score (nSPS) is 10.6. The van der Waals surface area contributed by atoms with Gasteiger partial charge in [-0.2, -0.15) is 5.26 Å². The summed E-state index contributed by atoms with van der Waals surface area (Å²) in [7, 11) is -0.648. The molecule has 29 heavy (non-hydrogen) atoms. The lowest BCUT2D eigenvalue weighted by atomic mass is 10.3. The second-order valence-corrected chi connectivity index (χ2v) is 8.23. The molecule has 7 nitrogen and oxygen atoms in total. The predicted molar refractivity (Wildman–Crippen MR) is 115 cm³/mol. The van der Waals surface area contributed by atoms with Crippen LogP contribution in [0, 0.1) is 11.3 Å². The molecule has 0 aliphatic heterocycles. The summed E-state index contributed by atoms with van der Waals surface area (Å²) in [5.74, 6) is 1.98. The van der Waals surface area contributed by atoms with Crippen molar-refractivity contribution < 1.29 is 23.1 Å². The molecule has 154 valence electrons. The Hall–Kier alpha value is -2.75. The first-order valence-electron chi connectivity index (χ1n) is 8.84. The number of hydrogen-bond donors (Lipinski definition) is 0. The molecule has 9 heteroatoms. The molecule has 0 bridgehead atoms. The fraction of sp³-hybridized carbons (Fsp3) is 0.300. The number of rotatable bonds is 10. The van der Waals surface area contributed by atoms with Crippen molar-refractivity contribution in [3.05, 3.63) is 48.5 Å². The van der Waals surface area contributed by atoms with Crippen LogP contribution < -0.4 is 18.5 Å². The zero-order valence-electron chi connectivity index (χ0n) is 16.5. The molecule has 0 unspecified atom stereocenters. The lowest BCUT2D eigenvalue weighted by molar-refractivity contribution is 0.360. The number of nitriles is 1. The van der Waals surface area contributed by atoms with Crippen LogP contribution in [0.15, 0.2) is 48.5 Å². The van der Waals surface area contributed by atoms with Crippen molar-refractivity contribution in [2.24, 2.45) is 0 Å². The third-order valence-corrected chi connectivity index (χ3v) is 6.08.